The predicted octanol–water partition coefficient (Wildman–Crippen LogP) is 5.54. The van der Waals surface area contributed by atoms with Crippen LogP contribution in [0.1, 0.15) is 49.9 Å². The number of fused-ring (bicyclic) bond motifs is 2. The van der Waals surface area contributed by atoms with Gasteiger partial charge in [-0.3, -0.25) is 14.4 Å². The largest absolute Gasteiger partial charge is 0.504 e. The number of rotatable bonds is 6. The Bertz CT molecular complexity index is 1770. The van der Waals surface area contributed by atoms with Gasteiger partial charge in [0.2, 0.25) is 23.0 Å². The molecule has 2 heterocycles. The van der Waals surface area contributed by atoms with Crippen LogP contribution in [0.5, 0.6) is 0 Å². The minimum atomic E-state index is -2.84. The van der Waals surface area contributed by atoms with Crippen molar-refractivity contribution >= 4 is 44.7 Å². The smallest absolute Gasteiger partial charge is 0.247 e. The summed E-state index contributed by atoms with van der Waals surface area (Å²) in [6.45, 7) is 8.01. The van der Waals surface area contributed by atoms with E-state index < -0.39 is 34.3 Å². The van der Waals surface area contributed by atoms with Crippen molar-refractivity contribution in [3.05, 3.63) is 100 Å². The molecule has 1 aliphatic carbocycles. The Balaban J connectivity index is 1.59. The minimum absolute atomic E-state index is 0.0665. The maximum absolute atomic E-state index is 13.5. The molecule has 0 radical (unpaired) electrons. The molecular formula is C32H30N2O5. The zero-order valence-corrected chi connectivity index (χ0v) is 22.3. The van der Waals surface area contributed by atoms with Crippen LogP contribution in [-0.4, -0.2) is 37.5 Å². The quantitative estimate of drug-likeness (QED) is 0.150. The van der Waals surface area contributed by atoms with Gasteiger partial charge in [0, 0.05) is 45.3 Å². The molecule has 1 aliphatic rings. The van der Waals surface area contributed by atoms with E-state index in [2.05, 4.69) is 22.1 Å². The molecule has 0 spiro atoms. The van der Waals surface area contributed by atoms with Crippen molar-refractivity contribution < 1.29 is 24.6 Å². The van der Waals surface area contributed by atoms with E-state index in [9.17, 15) is 24.6 Å². The monoisotopic (exact) mass is 522 g/mol. The number of carbonyl (C=O) groups is 3. The summed E-state index contributed by atoms with van der Waals surface area (Å²) in [7, 11) is 0. The fourth-order valence-corrected chi connectivity index (χ4v) is 5.01. The fourth-order valence-electron chi connectivity index (χ4n) is 5.01. The van der Waals surface area contributed by atoms with Crippen LogP contribution in [0.4, 0.5) is 0 Å². The molecule has 2 aromatic heterocycles. The Labute approximate surface area is 225 Å². The van der Waals surface area contributed by atoms with Crippen molar-refractivity contribution in [1.29, 1.82) is 0 Å². The molecule has 0 bridgehead atoms. The number of H-pyrrole nitrogens is 2. The van der Waals surface area contributed by atoms with Crippen LogP contribution in [0.15, 0.2) is 77.8 Å². The number of aliphatic hydroxyl groups is 2. The number of ketones is 3. The van der Waals surface area contributed by atoms with Crippen molar-refractivity contribution in [2.45, 2.75) is 46.1 Å². The molecule has 4 aromatic rings. The molecule has 198 valence electrons. The van der Waals surface area contributed by atoms with Crippen molar-refractivity contribution in [2.24, 2.45) is 0 Å². The number of hydrogen-bond acceptors (Lipinski definition) is 5. The van der Waals surface area contributed by atoms with Crippen LogP contribution < -0.4 is 0 Å². The van der Waals surface area contributed by atoms with E-state index in [1.165, 1.54) is 18.0 Å². The summed E-state index contributed by atoms with van der Waals surface area (Å²) in [4.78, 5) is 46.5. The Morgan fingerprint density at radius 1 is 0.795 bits per heavy atom. The lowest BCUT2D eigenvalue weighted by atomic mass is 9.75. The summed E-state index contributed by atoms with van der Waals surface area (Å²) < 4.78 is 0. The summed E-state index contributed by atoms with van der Waals surface area (Å²) in [5.74, 6) is -4.59. The summed E-state index contributed by atoms with van der Waals surface area (Å²) in [5, 5.41) is 23.5. The third kappa shape index (κ3) is 4.34. The third-order valence-corrected chi connectivity index (χ3v) is 7.19. The second-order valence-electron chi connectivity index (χ2n) is 10.6. The Hall–Kier alpha value is -4.49. The van der Waals surface area contributed by atoms with Crippen molar-refractivity contribution in [1.82, 2.24) is 9.97 Å². The molecule has 0 saturated carbocycles. The summed E-state index contributed by atoms with van der Waals surface area (Å²) in [6.07, 6.45) is 8.33. The third-order valence-electron chi connectivity index (χ3n) is 7.19. The van der Waals surface area contributed by atoms with Crippen LogP contribution in [0.25, 0.3) is 27.4 Å². The van der Waals surface area contributed by atoms with Crippen molar-refractivity contribution in [3.8, 4) is 0 Å². The summed E-state index contributed by atoms with van der Waals surface area (Å²) in [5.41, 5.74) is 2.48. The van der Waals surface area contributed by atoms with Crippen LogP contribution >= 0.6 is 0 Å². The van der Waals surface area contributed by atoms with Crippen LogP contribution in [0.2, 0.25) is 0 Å². The van der Waals surface area contributed by atoms with E-state index in [-0.39, 0.29) is 11.1 Å². The number of hydrogen-bond donors (Lipinski definition) is 4. The van der Waals surface area contributed by atoms with E-state index in [1.54, 1.807) is 6.07 Å². The van der Waals surface area contributed by atoms with Gasteiger partial charge in [0.15, 0.2) is 5.76 Å². The molecule has 39 heavy (non-hydrogen) atoms. The molecule has 5 rings (SSSR count). The molecule has 7 heteroatoms. The SMILES string of the molecule is CC(C)=CCc1ccc2c([C@]3(O)C(=O)C(=O)C(c4c[nH]c5ccc(CC=C(C)C)cc45)=C(O)C3=O)c[nH]c2c1. The molecule has 0 saturated heterocycles. The second kappa shape index (κ2) is 9.67. The zero-order valence-electron chi connectivity index (χ0n) is 22.3. The number of carbonyl (C=O) groups excluding carboxylic acids is 3. The average molecular weight is 523 g/mol. The van der Waals surface area contributed by atoms with E-state index in [1.807, 2.05) is 58.0 Å². The number of aliphatic hydroxyl groups excluding tert-OH is 1. The van der Waals surface area contributed by atoms with Crippen LogP contribution in [0.3, 0.4) is 0 Å². The standard InChI is InChI=1S/C32H30N2O5/c1-17(2)5-7-19-10-12-25-22(13-19)23(15-33-25)27-28(35)30(37)32(39,31(38)29(27)36)24-16-34-26-14-20(8-6-18(3)4)9-11-21(24)26/h5-6,9-16,33-35,39H,7-8H2,1-4H3/t32-/m1/s1. The topological polar surface area (TPSA) is 123 Å². The lowest BCUT2D eigenvalue weighted by Crippen LogP contribution is -2.51. The lowest BCUT2D eigenvalue weighted by Gasteiger charge is -2.28. The predicted molar refractivity (Wildman–Crippen MR) is 151 cm³/mol. The Morgan fingerprint density at radius 2 is 1.41 bits per heavy atom. The van der Waals surface area contributed by atoms with Gasteiger partial charge in [0.1, 0.15) is 0 Å². The maximum Gasteiger partial charge on any atom is 0.247 e. The highest BCUT2D eigenvalue weighted by molar-refractivity contribution is 6.63. The second-order valence-corrected chi connectivity index (χ2v) is 10.6. The number of aromatic nitrogens is 2. The number of nitrogens with one attached hydrogen (secondary N) is 2. The fraction of sp³-hybridized carbons (Fsp3) is 0.219. The molecule has 2 aromatic carbocycles. The average Bonchev–Trinajstić information content (AvgIpc) is 3.53. The van der Waals surface area contributed by atoms with Gasteiger partial charge in [-0.1, -0.05) is 41.5 Å². The normalized spacial score (nSPS) is 17.8. The zero-order chi connectivity index (χ0) is 28.1. The summed E-state index contributed by atoms with van der Waals surface area (Å²) >= 11 is 0. The molecule has 0 amide bonds. The van der Waals surface area contributed by atoms with Gasteiger partial charge in [-0.2, -0.15) is 0 Å². The van der Waals surface area contributed by atoms with Crippen molar-refractivity contribution in [3.63, 3.8) is 0 Å². The Morgan fingerprint density at radius 3 is 2.08 bits per heavy atom. The van der Waals surface area contributed by atoms with Gasteiger partial charge in [0.05, 0.1) is 5.57 Å². The summed E-state index contributed by atoms with van der Waals surface area (Å²) in [6, 6.07) is 11.0. The highest BCUT2D eigenvalue weighted by atomic mass is 16.3. The number of benzene rings is 2. The first-order chi connectivity index (χ1) is 18.5. The number of aromatic amines is 2. The van der Waals surface area contributed by atoms with E-state index >= 15 is 0 Å². The molecule has 1 atom stereocenters. The van der Waals surface area contributed by atoms with E-state index in [0.717, 1.165) is 16.7 Å². The lowest BCUT2D eigenvalue weighted by molar-refractivity contribution is -0.156. The molecule has 0 aliphatic heterocycles. The molecule has 0 unspecified atom stereocenters. The molecular weight excluding hydrogens is 492 g/mol. The maximum atomic E-state index is 13.5. The molecule has 7 nitrogen and oxygen atoms in total. The van der Waals surface area contributed by atoms with E-state index in [4.69, 9.17) is 0 Å². The first kappa shape index (κ1) is 26.1. The van der Waals surface area contributed by atoms with Gasteiger partial charge in [0.25, 0.3) is 0 Å². The van der Waals surface area contributed by atoms with Gasteiger partial charge in [-0.15, -0.1) is 0 Å². The van der Waals surface area contributed by atoms with Gasteiger partial charge in [-0.05, 0) is 69.9 Å². The van der Waals surface area contributed by atoms with Gasteiger partial charge < -0.3 is 20.2 Å². The van der Waals surface area contributed by atoms with Crippen LogP contribution in [0, 0.1) is 0 Å². The number of allylic oxidation sites excluding steroid dienone is 5. The molecule has 4 N–H and O–H groups in total. The highest BCUT2D eigenvalue weighted by Crippen LogP contribution is 2.40. The first-order valence-corrected chi connectivity index (χ1v) is 12.8. The first-order valence-electron chi connectivity index (χ1n) is 12.8. The highest BCUT2D eigenvalue weighted by Gasteiger charge is 2.56. The van der Waals surface area contributed by atoms with Crippen molar-refractivity contribution in [2.75, 3.05) is 0 Å². The Kier molecular flexibility index (Phi) is 6.48. The van der Waals surface area contributed by atoms with Crippen LogP contribution in [-0.2, 0) is 32.8 Å². The van der Waals surface area contributed by atoms with Gasteiger partial charge in [-0.25, -0.2) is 0 Å². The number of Topliss-reactive ketones (excluding diaryl/α,β-unsaturated/α-hetero) is 3. The molecule has 0 fully saturated rings. The van der Waals surface area contributed by atoms with E-state index in [0.29, 0.717) is 34.6 Å². The van der Waals surface area contributed by atoms with Gasteiger partial charge >= 0.3 is 0 Å². The minimum Gasteiger partial charge on any atom is -0.504 e.